The van der Waals surface area contributed by atoms with Crippen molar-refractivity contribution in [2.75, 3.05) is 18.1 Å². The minimum absolute atomic E-state index is 0.0318. The number of carbonyl (C=O) groups is 1. The van der Waals surface area contributed by atoms with Crippen LogP contribution >= 0.6 is 27.5 Å². The molecule has 92 valence electrons. The molecule has 17 heavy (non-hydrogen) atoms. The number of rotatable bonds is 2. The summed E-state index contributed by atoms with van der Waals surface area (Å²) in [5, 5.41) is 9.69. The number of nitrogens with zero attached hydrogens (tertiary/aromatic N) is 1. The van der Waals surface area contributed by atoms with Crippen molar-refractivity contribution < 1.29 is 9.90 Å². The van der Waals surface area contributed by atoms with Crippen molar-refractivity contribution in [2.24, 2.45) is 5.92 Å². The maximum Gasteiger partial charge on any atom is 0.227 e. The van der Waals surface area contributed by atoms with E-state index in [9.17, 15) is 4.79 Å². The Balaban J connectivity index is 2.35. The highest BCUT2D eigenvalue weighted by atomic mass is 79.9. The quantitative estimate of drug-likeness (QED) is 0.911. The predicted molar refractivity (Wildman–Crippen MR) is 71.4 cm³/mol. The molecule has 1 aliphatic heterocycles. The Hall–Kier alpha value is -0.580. The third kappa shape index (κ3) is 2.49. The van der Waals surface area contributed by atoms with Crippen molar-refractivity contribution in [2.45, 2.75) is 13.3 Å². The Bertz CT molecular complexity index is 464. The molecular weight excluding hydrogens is 305 g/mol. The molecule has 1 saturated heterocycles. The van der Waals surface area contributed by atoms with Gasteiger partial charge in [-0.15, -0.1) is 0 Å². The molecule has 1 aromatic rings. The standard InChI is InChI=1S/C12H13BrClNO2/c1-7-2-9(13)10(14)4-11(7)15-5-8(6-16)3-12(15)17/h2,4,8,16H,3,5-6H2,1H3. The lowest BCUT2D eigenvalue weighted by Crippen LogP contribution is -2.25. The van der Waals surface area contributed by atoms with Crippen LogP contribution in [0.5, 0.6) is 0 Å². The Morgan fingerprint density at radius 2 is 2.29 bits per heavy atom. The molecule has 2 rings (SSSR count). The molecule has 1 N–H and O–H groups in total. The maximum absolute atomic E-state index is 11.9. The summed E-state index contributed by atoms with van der Waals surface area (Å²) in [6.45, 7) is 2.55. The number of carbonyl (C=O) groups excluding carboxylic acids is 1. The summed E-state index contributed by atoms with van der Waals surface area (Å²) in [7, 11) is 0. The summed E-state index contributed by atoms with van der Waals surface area (Å²) in [4.78, 5) is 13.6. The van der Waals surface area contributed by atoms with Crippen LogP contribution in [0.4, 0.5) is 5.69 Å². The Kier molecular flexibility index (Phi) is 3.76. The summed E-state index contributed by atoms with van der Waals surface area (Å²) in [5.74, 6) is 0.0786. The molecule has 1 atom stereocenters. The van der Waals surface area contributed by atoms with Gasteiger partial charge in [0.15, 0.2) is 0 Å². The zero-order chi connectivity index (χ0) is 12.6. The van der Waals surface area contributed by atoms with Crippen LogP contribution in [0.25, 0.3) is 0 Å². The summed E-state index contributed by atoms with van der Waals surface area (Å²) >= 11 is 9.40. The van der Waals surface area contributed by atoms with Crippen molar-refractivity contribution in [1.82, 2.24) is 0 Å². The fourth-order valence-corrected chi connectivity index (χ4v) is 2.68. The van der Waals surface area contributed by atoms with Gasteiger partial charge in [-0.3, -0.25) is 4.79 Å². The summed E-state index contributed by atoms with van der Waals surface area (Å²) in [6, 6.07) is 3.69. The van der Waals surface area contributed by atoms with Crippen LogP contribution in [-0.2, 0) is 4.79 Å². The Morgan fingerprint density at radius 1 is 1.59 bits per heavy atom. The average Bonchev–Trinajstić information content (AvgIpc) is 2.65. The Morgan fingerprint density at radius 3 is 2.88 bits per heavy atom. The number of aryl methyl sites for hydroxylation is 1. The third-order valence-corrected chi connectivity index (χ3v) is 4.19. The minimum Gasteiger partial charge on any atom is -0.396 e. The van der Waals surface area contributed by atoms with E-state index in [0.717, 1.165) is 15.7 Å². The molecule has 0 aliphatic carbocycles. The lowest BCUT2D eigenvalue weighted by molar-refractivity contribution is -0.117. The second kappa shape index (κ2) is 4.96. The fourth-order valence-electron chi connectivity index (χ4n) is 2.06. The van der Waals surface area contributed by atoms with Crippen LogP contribution in [0.3, 0.4) is 0 Å². The van der Waals surface area contributed by atoms with Gasteiger partial charge in [-0.2, -0.15) is 0 Å². The van der Waals surface area contributed by atoms with Gasteiger partial charge >= 0.3 is 0 Å². The number of halogens is 2. The van der Waals surface area contributed by atoms with E-state index in [1.165, 1.54) is 0 Å². The number of anilines is 1. The molecule has 1 aromatic carbocycles. The van der Waals surface area contributed by atoms with Gasteiger partial charge in [0.1, 0.15) is 0 Å². The van der Waals surface area contributed by atoms with Crippen LogP contribution in [0.2, 0.25) is 5.02 Å². The first-order valence-electron chi connectivity index (χ1n) is 5.39. The largest absolute Gasteiger partial charge is 0.396 e. The third-order valence-electron chi connectivity index (χ3n) is 2.99. The maximum atomic E-state index is 11.9. The highest BCUT2D eigenvalue weighted by Crippen LogP contribution is 2.34. The number of amides is 1. The molecule has 1 heterocycles. The van der Waals surface area contributed by atoms with Gasteiger partial charge in [-0.25, -0.2) is 0 Å². The van der Waals surface area contributed by atoms with Crippen LogP contribution in [0, 0.1) is 12.8 Å². The van der Waals surface area contributed by atoms with Gasteiger partial charge in [-0.1, -0.05) is 11.6 Å². The second-order valence-electron chi connectivity index (χ2n) is 4.31. The molecule has 0 bridgehead atoms. The van der Waals surface area contributed by atoms with Gasteiger partial charge in [0, 0.05) is 35.7 Å². The molecule has 1 amide bonds. The minimum atomic E-state index is 0.0318. The molecule has 1 fully saturated rings. The van der Waals surface area contributed by atoms with E-state index in [4.69, 9.17) is 16.7 Å². The van der Waals surface area contributed by atoms with Gasteiger partial charge in [0.25, 0.3) is 0 Å². The van der Waals surface area contributed by atoms with Gasteiger partial charge < -0.3 is 10.0 Å². The molecule has 3 nitrogen and oxygen atoms in total. The molecule has 1 aliphatic rings. The first-order valence-corrected chi connectivity index (χ1v) is 6.57. The number of hydrogen-bond acceptors (Lipinski definition) is 2. The van der Waals surface area contributed by atoms with E-state index in [1.807, 2.05) is 13.0 Å². The van der Waals surface area contributed by atoms with Crippen molar-refractivity contribution in [3.05, 3.63) is 27.2 Å². The molecule has 0 saturated carbocycles. The lowest BCUT2D eigenvalue weighted by atomic mass is 10.1. The highest BCUT2D eigenvalue weighted by Gasteiger charge is 2.31. The average molecular weight is 319 g/mol. The van der Waals surface area contributed by atoms with Crippen molar-refractivity contribution in [1.29, 1.82) is 0 Å². The van der Waals surface area contributed by atoms with E-state index in [1.54, 1.807) is 11.0 Å². The van der Waals surface area contributed by atoms with E-state index in [2.05, 4.69) is 15.9 Å². The smallest absolute Gasteiger partial charge is 0.227 e. The van der Waals surface area contributed by atoms with Gasteiger partial charge in [0.05, 0.1) is 5.02 Å². The molecule has 0 radical (unpaired) electrons. The number of aliphatic hydroxyl groups excluding tert-OH is 1. The summed E-state index contributed by atoms with van der Waals surface area (Å²) in [5.41, 5.74) is 1.83. The lowest BCUT2D eigenvalue weighted by Gasteiger charge is -2.19. The predicted octanol–water partition coefficient (Wildman–Crippen LogP) is 2.76. The monoisotopic (exact) mass is 317 g/mol. The van der Waals surface area contributed by atoms with Gasteiger partial charge in [0.2, 0.25) is 5.91 Å². The molecule has 0 spiro atoms. The molecule has 1 unspecified atom stereocenters. The second-order valence-corrected chi connectivity index (χ2v) is 5.57. The SMILES string of the molecule is Cc1cc(Br)c(Cl)cc1N1CC(CO)CC1=O. The number of hydrogen-bond donors (Lipinski definition) is 1. The first kappa shape index (κ1) is 12.9. The molecular formula is C12H13BrClNO2. The highest BCUT2D eigenvalue weighted by molar-refractivity contribution is 9.10. The fraction of sp³-hybridized carbons (Fsp3) is 0.417. The van der Waals surface area contributed by atoms with E-state index >= 15 is 0 Å². The van der Waals surface area contributed by atoms with Crippen molar-refractivity contribution in [3.63, 3.8) is 0 Å². The van der Waals surface area contributed by atoms with E-state index < -0.39 is 0 Å². The van der Waals surface area contributed by atoms with Crippen LogP contribution in [0.15, 0.2) is 16.6 Å². The van der Waals surface area contributed by atoms with Crippen molar-refractivity contribution in [3.8, 4) is 0 Å². The van der Waals surface area contributed by atoms with Crippen LogP contribution < -0.4 is 4.90 Å². The van der Waals surface area contributed by atoms with Crippen LogP contribution in [-0.4, -0.2) is 24.2 Å². The topological polar surface area (TPSA) is 40.5 Å². The van der Waals surface area contributed by atoms with Crippen molar-refractivity contribution >= 4 is 39.1 Å². The Labute approximate surface area is 114 Å². The molecule has 5 heteroatoms. The zero-order valence-electron chi connectivity index (χ0n) is 9.41. The normalized spacial score (nSPS) is 20.1. The van der Waals surface area contributed by atoms with Gasteiger partial charge in [-0.05, 0) is 40.5 Å². The van der Waals surface area contributed by atoms with E-state index in [-0.39, 0.29) is 18.4 Å². The molecule has 0 aromatic heterocycles. The first-order chi connectivity index (χ1) is 8.02. The van der Waals surface area contributed by atoms with E-state index in [0.29, 0.717) is 18.0 Å². The summed E-state index contributed by atoms with van der Waals surface area (Å²) < 4.78 is 0.825. The summed E-state index contributed by atoms with van der Waals surface area (Å²) in [6.07, 6.45) is 0.406. The van der Waals surface area contributed by atoms with Crippen LogP contribution in [0.1, 0.15) is 12.0 Å². The zero-order valence-corrected chi connectivity index (χ0v) is 11.8. The number of benzene rings is 1. The number of aliphatic hydroxyl groups is 1.